The fourth-order valence-corrected chi connectivity index (χ4v) is 4.45. The fraction of sp³-hybridized carbons (Fsp3) is 0.0625. The number of hydrogen-bond donors (Lipinski definition) is 4. The van der Waals surface area contributed by atoms with E-state index in [-0.39, 0.29) is 45.6 Å². The Kier molecular flexibility index (Phi) is 9.82. The highest BCUT2D eigenvalue weighted by Crippen LogP contribution is 2.33. The van der Waals surface area contributed by atoms with Crippen LogP contribution in [0.15, 0.2) is 127 Å². The minimum absolute atomic E-state index is 0.0507. The van der Waals surface area contributed by atoms with Gasteiger partial charge in [0.1, 0.15) is 22.9 Å². The van der Waals surface area contributed by atoms with Crippen molar-refractivity contribution in [2.45, 2.75) is 13.8 Å². The molecule has 0 unspecified atom stereocenters. The molecule has 18 heteroatoms. The second-order valence-corrected chi connectivity index (χ2v) is 10.4. The number of phenols is 2. The number of phenolic OH excluding ortho intramolecular Hbond substituents is 2. The number of aromatic hydroxyl groups is 2. The molecule has 4 aromatic carbocycles. The molecular weight excluding hydrogens is 652 g/mol. The molecule has 0 aliphatic heterocycles. The van der Waals surface area contributed by atoms with Crippen molar-refractivity contribution in [3.8, 4) is 22.9 Å². The van der Waals surface area contributed by atoms with Crippen molar-refractivity contribution in [2.24, 2.45) is 20.5 Å². The molecule has 0 atom stereocenters. The van der Waals surface area contributed by atoms with Gasteiger partial charge in [-0.25, -0.2) is 9.36 Å². The van der Waals surface area contributed by atoms with Crippen molar-refractivity contribution in [1.82, 2.24) is 19.6 Å². The Balaban J connectivity index is 0.000000194. The van der Waals surface area contributed by atoms with Crippen LogP contribution in [0.3, 0.4) is 0 Å². The van der Waals surface area contributed by atoms with Crippen molar-refractivity contribution < 1.29 is 20.1 Å². The Labute approximate surface area is 280 Å². The number of nitro benzene ring substituents is 2. The van der Waals surface area contributed by atoms with E-state index in [2.05, 4.69) is 30.7 Å². The molecule has 0 saturated heterocycles. The number of azo groups is 2. The van der Waals surface area contributed by atoms with Crippen molar-refractivity contribution in [3.05, 3.63) is 149 Å². The van der Waals surface area contributed by atoms with Crippen LogP contribution in [-0.2, 0) is 0 Å². The third-order valence-electron chi connectivity index (χ3n) is 6.96. The van der Waals surface area contributed by atoms with Gasteiger partial charge in [0.2, 0.25) is 0 Å². The molecule has 0 aliphatic carbocycles. The molecule has 50 heavy (non-hydrogen) atoms. The number of nitrogens with one attached hydrogen (secondary N) is 2. The summed E-state index contributed by atoms with van der Waals surface area (Å²) in [7, 11) is 0. The summed E-state index contributed by atoms with van der Waals surface area (Å²) in [6.45, 7) is 3.31. The molecule has 6 rings (SSSR count). The van der Waals surface area contributed by atoms with Crippen molar-refractivity contribution in [1.29, 1.82) is 0 Å². The van der Waals surface area contributed by atoms with Crippen LogP contribution in [0.5, 0.6) is 11.5 Å². The summed E-state index contributed by atoms with van der Waals surface area (Å²) in [5.41, 5.74) is 0.814. The topological polar surface area (TPSA) is 252 Å². The van der Waals surface area contributed by atoms with E-state index >= 15 is 0 Å². The average molecular weight is 679 g/mol. The normalized spacial score (nSPS) is 11.1. The molecule has 0 radical (unpaired) electrons. The molecule has 4 N–H and O–H groups in total. The number of nitrogens with zero attached hydrogens (tertiary/aromatic N) is 8. The number of non-ortho nitro benzene ring substituents is 2. The quantitative estimate of drug-likeness (QED) is 0.0738. The molecule has 0 saturated carbocycles. The lowest BCUT2D eigenvalue weighted by atomic mass is 10.2. The second-order valence-electron chi connectivity index (χ2n) is 10.4. The van der Waals surface area contributed by atoms with Gasteiger partial charge in [-0.1, -0.05) is 36.4 Å². The van der Waals surface area contributed by atoms with Gasteiger partial charge in [-0.3, -0.25) is 40.0 Å². The van der Waals surface area contributed by atoms with Gasteiger partial charge in [-0.05, 0) is 50.2 Å². The third kappa shape index (κ3) is 7.39. The number of nitro groups is 2. The van der Waals surface area contributed by atoms with Crippen molar-refractivity contribution in [3.63, 3.8) is 0 Å². The first-order valence-corrected chi connectivity index (χ1v) is 14.5. The number of benzene rings is 4. The van der Waals surface area contributed by atoms with Crippen molar-refractivity contribution in [2.75, 3.05) is 0 Å². The highest BCUT2D eigenvalue weighted by Gasteiger charge is 2.15. The van der Waals surface area contributed by atoms with Gasteiger partial charge in [-0.15, -0.1) is 20.5 Å². The van der Waals surface area contributed by atoms with Crippen LogP contribution in [0.1, 0.15) is 11.4 Å². The predicted octanol–water partition coefficient (Wildman–Crippen LogP) is 7.01. The molecule has 2 heterocycles. The predicted molar refractivity (Wildman–Crippen MR) is 180 cm³/mol. The summed E-state index contributed by atoms with van der Waals surface area (Å²) in [6.07, 6.45) is 0. The number of aryl methyl sites for hydroxylation is 2. The lowest BCUT2D eigenvalue weighted by molar-refractivity contribution is -0.385. The Hall–Kier alpha value is -7.50. The van der Waals surface area contributed by atoms with Crippen LogP contribution in [0, 0.1) is 34.1 Å². The zero-order valence-corrected chi connectivity index (χ0v) is 26.2. The van der Waals surface area contributed by atoms with E-state index in [0.29, 0.717) is 22.8 Å². The molecule has 18 nitrogen and oxygen atoms in total. The van der Waals surface area contributed by atoms with E-state index in [4.69, 9.17) is 0 Å². The van der Waals surface area contributed by atoms with E-state index in [9.17, 15) is 40.0 Å². The largest absolute Gasteiger partial charge is 0.506 e. The Morgan fingerprint density at radius 1 is 0.580 bits per heavy atom. The molecule has 0 bridgehead atoms. The highest BCUT2D eigenvalue weighted by atomic mass is 16.6. The van der Waals surface area contributed by atoms with Crippen molar-refractivity contribution >= 4 is 34.1 Å². The maximum absolute atomic E-state index is 12.5. The maximum atomic E-state index is 12.5. The Bertz CT molecular complexity index is 2210. The smallest absolute Gasteiger partial charge is 0.299 e. The Morgan fingerprint density at radius 2 is 0.940 bits per heavy atom. The lowest BCUT2D eigenvalue weighted by Crippen LogP contribution is -2.13. The van der Waals surface area contributed by atoms with E-state index in [1.54, 1.807) is 62.4 Å². The van der Waals surface area contributed by atoms with Gasteiger partial charge in [0.25, 0.3) is 22.5 Å². The van der Waals surface area contributed by atoms with Crippen LogP contribution in [0.25, 0.3) is 11.4 Å². The first-order valence-electron chi connectivity index (χ1n) is 14.5. The summed E-state index contributed by atoms with van der Waals surface area (Å²) < 4.78 is 2.63. The minimum atomic E-state index is -0.609. The van der Waals surface area contributed by atoms with E-state index in [1.807, 2.05) is 12.1 Å². The van der Waals surface area contributed by atoms with Gasteiger partial charge in [0.15, 0.2) is 11.4 Å². The molecule has 252 valence electrons. The van der Waals surface area contributed by atoms with Crippen LogP contribution in [0.2, 0.25) is 0 Å². The first-order chi connectivity index (χ1) is 23.9. The van der Waals surface area contributed by atoms with E-state index in [1.165, 1.54) is 9.36 Å². The summed E-state index contributed by atoms with van der Waals surface area (Å²) >= 11 is 0. The molecule has 2 aromatic heterocycles. The number of aromatic amines is 2. The Morgan fingerprint density at radius 3 is 1.28 bits per heavy atom. The molecule has 0 amide bonds. The molecule has 0 spiro atoms. The zero-order valence-electron chi connectivity index (χ0n) is 26.2. The number of para-hydroxylation sites is 2. The number of aromatic nitrogens is 4. The van der Waals surface area contributed by atoms with Crippen LogP contribution in [0.4, 0.5) is 34.1 Å². The second kappa shape index (κ2) is 14.5. The summed E-state index contributed by atoms with van der Waals surface area (Å²) in [4.78, 5) is 45.3. The summed E-state index contributed by atoms with van der Waals surface area (Å²) in [6, 6.07) is 24.6. The first kappa shape index (κ1) is 33.9. The van der Waals surface area contributed by atoms with Gasteiger partial charge >= 0.3 is 0 Å². The number of H-pyrrole nitrogens is 2. The number of rotatable bonds is 8. The van der Waals surface area contributed by atoms with E-state index in [0.717, 1.165) is 36.4 Å². The molecule has 0 aliphatic rings. The SMILES string of the molecule is Cc1[nH]n(-c2ccccc2)c(=O)c1N=Nc1cc([N+](=O)[O-])ccc1O.Cc1[nH]n(-c2ccccc2)c(=O)c1N=Nc1cc([N+](=O)[O-])ccc1O. The van der Waals surface area contributed by atoms with Gasteiger partial charge < -0.3 is 10.2 Å². The standard InChI is InChI=1S/2C16H13N5O4/c2*1-10-15(16(23)20(19-10)11-5-3-2-4-6-11)18-17-13-9-12(21(24)25)7-8-14(13)22/h2*2-9,19,22H,1H3. The van der Waals surface area contributed by atoms with Gasteiger partial charge in [0.05, 0.1) is 32.6 Å². The van der Waals surface area contributed by atoms with Crippen LogP contribution >= 0.6 is 0 Å². The summed E-state index contributed by atoms with van der Waals surface area (Å²) in [5.74, 6) is -0.545. The number of hydrogen-bond acceptors (Lipinski definition) is 12. The summed E-state index contributed by atoms with van der Waals surface area (Å²) in [5, 5.41) is 62.2. The van der Waals surface area contributed by atoms with Gasteiger partial charge in [-0.2, -0.15) is 0 Å². The molecule has 6 aromatic rings. The molecular formula is C32H26N10O8. The molecule has 0 fully saturated rings. The third-order valence-corrected chi connectivity index (χ3v) is 6.96. The average Bonchev–Trinajstić information content (AvgIpc) is 3.56. The van der Waals surface area contributed by atoms with Crippen LogP contribution < -0.4 is 11.1 Å². The minimum Gasteiger partial charge on any atom is -0.506 e. The maximum Gasteiger partial charge on any atom is 0.299 e. The highest BCUT2D eigenvalue weighted by molar-refractivity contribution is 5.58. The monoisotopic (exact) mass is 678 g/mol. The van der Waals surface area contributed by atoms with E-state index < -0.39 is 21.0 Å². The van der Waals surface area contributed by atoms with Crippen LogP contribution in [-0.4, -0.2) is 39.6 Å². The fourth-order valence-electron chi connectivity index (χ4n) is 4.45. The zero-order chi connectivity index (χ0) is 35.9. The van der Waals surface area contributed by atoms with Gasteiger partial charge in [0, 0.05) is 24.3 Å². The lowest BCUT2D eigenvalue weighted by Gasteiger charge is -1.99.